The van der Waals surface area contributed by atoms with Crippen LogP contribution in [-0.4, -0.2) is 18.3 Å². The highest BCUT2D eigenvalue weighted by Crippen LogP contribution is 2.18. The van der Waals surface area contributed by atoms with E-state index in [1.165, 1.54) is 0 Å². The van der Waals surface area contributed by atoms with Crippen molar-refractivity contribution in [3.05, 3.63) is 59.2 Å². The Bertz CT molecular complexity index is 694. The lowest BCUT2D eigenvalue weighted by atomic mass is 10.1. The number of aldehydes is 1. The van der Waals surface area contributed by atoms with Gasteiger partial charge >= 0.3 is 0 Å². The van der Waals surface area contributed by atoms with Crippen LogP contribution in [0.25, 0.3) is 0 Å². The van der Waals surface area contributed by atoms with Crippen LogP contribution in [0.5, 0.6) is 5.75 Å². The number of carbonyl (C=O) groups excluding carboxylic acids is 2. The molecule has 1 atom stereocenters. The van der Waals surface area contributed by atoms with Gasteiger partial charge in [-0.05, 0) is 50.1 Å². The fourth-order valence-electron chi connectivity index (χ4n) is 2.02. The summed E-state index contributed by atoms with van der Waals surface area (Å²) in [4.78, 5) is 23.0. The first-order valence-corrected chi connectivity index (χ1v) is 7.09. The number of nitrogens with one attached hydrogen (secondary N) is 1. The Morgan fingerprint density at radius 2 is 1.95 bits per heavy atom. The van der Waals surface area contributed by atoms with Gasteiger partial charge in [-0.25, -0.2) is 0 Å². The predicted octanol–water partition coefficient (Wildman–Crippen LogP) is 3.52. The molecular weight excluding hydrogens is 278 g/mol. The molecule has 2 rings (SSSR count). The standard InChI is InChI=1S/C18H19NO3/c1-12-7-8-13(2)17(9-12)19-18(21)14(3)22-16-6-4-5-15(10-16)11-20/h4-11,14H,1-3H3,(H,19,21). The largest absolute Gasteiger partial charge is 0.481 e. The van der Waals surface area contributed by atoms with Gasteiger partial charge in [0.05, 0.1) is 0 Å². The molecule has 4 nitrogen and oxygen atoms in total. The van der Waals surface area contributed by atoms with Crippen molar-refractivity contribution in [1.29, 1.82) is 0 Å². The number of amides is 1. The first-order valence-electron chi connectivity index (χ1n) is 7.09. The molecule has 0 saturated carbocycles. The van der Waals surface area contributed by atoms with Gasteiger partial charge in [0.1, 0.15) is 12.0 Å². The predicted molar refractivity (Wildman–Crippen MR) is 86.5 cm³/mol. The van der Waals surface area contributed by atoms with Crippen molar-refractivity contribution in [2.24, 2.45) is 0 Å². The van der Waals surface area contributed by atoms with Crippen molar-refractivity contribution in [3.63, 3.8) is 0 Å². The van der Waals surface area contributed by atoms with Crippen LogP contribution in [0.15, 0.2) is 42.5 Å². The number of carbonyl (C=O) groups is 2. The summed E-state index contributed by atoms with van der Waals surface area (Å²) in [5.41, 5.74) is 3.36. The van der Waals surface area contributed by atoms with Crippen molar-refractivity contribution in [2.75, 3.05) is 5.32 Å². The zero-order valence-electron chi connectivity index (χ0n) is 12.9. The summed E-state index contributed by atoms with van der Waals surface area (Å²) >= 11 is 0. The Balaban J connectivity index is 2.05. The SMILES string of the molecule is Cc1ccc(C)c(NC(=O)C(C)Oc2cccc(C=O)c2)c1. The summed E-state index contributed by atoms with van der Waals surface area (Å²) in [7, 11) is 0. The van der Waals surface area contributed by atoms with Crippen LogP contribution < -0.4 is 10.1 Å². The molecule has 0 radical (unpaired) electrons. The van der Waals surface area contributed by atoms with Gasteiger partial charge < -0.3 is 10.1 Å². The minimum atomic E-state index is -0.665. The molecule has 2 aromatic rings. The topological polar surface area (TPSA) is 55.4 Å². The molecule has 0 spiro atoms. The van der Waals surface area contributed by atoms with E-state index in [0.717, 1.165) is 23.1 Å². The van der Waals surface area contributed by atoms with Gasteiger partial charge in [0.15, 0.2) is 6.10 Å². The third-order valence-electron chi connectivity index (χ3n) is 3.33. The van der Waals surface area contributed by atoms with E-state index in [1.54, 1.807) is 31.2 Å². The number of benzene rings is 2. The number of anilines is 1. The molecule has 0 fully saturated rings. The fraction of sp³-hybridized carbons (Fsp3) is 0.222. The number of hydrogen-bond acceptors (Lipinski definition) is 3. The lowest BCUT2D eigenvalue weighted by Crippen LogP contribution is -2.30. The summed E-state index contributed by atoms with van der Waals surface area (Å²) < 4.78 is 5.59. The Morgan fingerprint density at radius 3 is 2.68 bits per heavy atom. The summed E-state index contributed by atoms with van der Waals surface area (Å²) in [6.45, 7) is 5.59. The van der Waals surface area contributed by atoms with Crippen LogP contribution in [0.4, 0.5) is 5.69 Å². The van der Waals surface area contributed by atoms with Crippen LogP contribution in [-0.2, 0) is 4.79 Å². The quantitative estimate of drug-likeness (QED) is 0.859. The minimum Gasteiger partial charge on any atom is -0.481 e. The van der Waals surface area contributed by atoms with Gasteiger partial charge in [-0.15, -0.1) is 0 Å². The molecule has 1 N–H and O–H groups in total. The smallest absolute Gasteiger partial charge is 0.265 e. The zero-order valence-corrected chi connectivity index (χ0v) is 12.9. The Labute approximate surface area is 130 Å². The maximum Gasteiger partial charge on any atom is 0.265 e. The molecule has 0 aliphatic carbocycles. The molecular formula is C18H19NO3. The van der Waals surface area contributed by atoms with E-state index in [4.69, 9.17) is 4.74 Å². The van der Waals surface area contributed by atoms with Gasteiger partial charge in [0.2, 0.25) is 0 Å². The lowest BCUT2D eigenvalue weighted by Gasteiger charge is -2.16. The van der Waals surface area contributed by atoms with Gasteiger partial charge in [0, 0.05) is 11.3 Å². The maximum atomic E-state index is 12.2. The molecule has 0 saturated heterocycles. The molecule has 22 heavy (non-hydrogen) atoms. The minimum absolute atomic E-state index is 0.231. The average Bonchev–Trinajstić information content (AvgIpc) is 2.51. The van der Waals surface area contributed by atoms with Crippen LogP contribution >= 0.6 is 0 Å². The normalized spacial score (nSPS) is 11.6. The number of ether oxygens (including phenoxy) is 1. The molecule has 2 aromatic carbocycles. The molecule has 0 heterocycles. The number of aryl methyl sites for hydroxylation is 2. The summed E-state index contributed by atoms with van der Waals surface area (Å²) in [6.07, 6.45) is 0.0788. The Hall–Kier alpha value is -2.62. The molecule has 4 heteroatoms. The summed E-state index contributed by atoms with van der Waals surface area (Å²) in [5.74, 6) is 0.262. The highest BCUT2D eigenvalue weighted by Gasteiger charge is 2.16. The second-order valence-corrected chi connectivity index (χ2v) is 5.26. The highest BCUT2D eigenvalue weighted by molar-refractivity contribution is 5.94. The second-order valence-electron chi connectivity index (χ2n) is 5.26. The molecule has 0 aliphatic heterocycles. The van der Waals surface area contributed by atoms with E-state index >= 15 is 0 Å². The lowest BCUT2D eigenvalue weighted by molar-refractivity contribution is -0.122. The van der Waals surface area contributed by atoms with E-state index in [-0.39, 0.29) is 5.91 Å². The van der Waals surface area contributed by atoms with Crippen molar-refractivity contribution in [1.82, 2.24) is 0 Å². The highest BCUT2D eigenvalue weighted by atomic mass is 16.5. The van der Waals surface area contributed by atoms with Crippen molar-refractivity contribution in [3.8, 4) is 5.75 Å². The van der Waals surface area contributed by atoms with Crippen molar-refractivity contribution >= 4 is 17.9 Å². The summed E-state index contributed by atoms with van der Waals surface area (Å²) in [5, 5.41) is 2.87. The molecule has 0 aromatic heterocycles. The third kappa shape index (κ3) is 3.95. The molecule has 1 amide bonds. The van der Waals surface area contributed by atoms with Crippen molar-refractivity contribution in [2.45, 2.75) is 26.9 Å². The van der Waals surface area contributed by atoms with Gasteiger partial charge in [0.25, 0.3) is 5.91 Å². The zero-order chi connectivity index (χ0) is 16.1. The summed E-state index contributed by atoms with van der Waals surface area (Å²) in [6, 6.07) is 12.6. The first-order chi connectivity index (χ1) is 10.5. The first kappa shape index (κ1) is 15.8. The fourth-order valence-corrected chi connectivity index (χ4v) is 2.02. The van der Waals surface area contributed by atoms with E-state index in [2.05, 4.69) is 5.32 Å². The Morgan fingerprint density at radius 1 is 1.18 bits per heavy atom. The number of hydrogen-bond donors (Lipinski definition) is 1. The van der Waals surface area contributed by atoms with Crippen LogP contribution in [0, 0.1) is 13.8 Å². The average molecular weight is 297 g/mol. The van der Waals surface area contributed by atoms with E-state index in [0.29, 0.717) is 11.3 Å². The molecule has 1 unspecified atom stereocenters. The van der Waals surface area contributed by atoms with E-state index < -0.39 is 6.10 Å². The van der Waals surface area contributed by atoms with Crippen LogP contribution in [0.3, 0.4) is 0 Å². The van der Waals surface area contributed by atoms with Gasteiger partial charge in [-0.2, -0.15) is 0 Å². The molecule has 114 valence electrons. The molecule has 0 bridgehead atoms. The maximum absolute atomic E-state index is 12.2. The van der Waals surface area contributed by atoms with Crippen LogP contribution in [0.1, 0.15) is 28.4 Å². The molecule has 0 aliphatic rings. The number of rotatable bonds is 5. The third-order valence-corrected chi connectivity index (χ3v) is 3.33. The van der Waals surface area contributed by atoms with E-state index in [1.807, 2.05) is 32.0 Å². The van der Waals surface area contributed by atoms with E-state index in [9.17, 15) is 9.59 Å². The Kier molecular flexibility index (Phi) is 4.94. The van der Waals surface area contributed by atoms with Crippen LogP contribution in [0.2, 0.25) is 0 Å². The van der Waals surface area contributed by atoms with Gasteiger partial charge in [-0.1, -0.05) is 24.3 Å². The van der Waals surface area contributed by atoms with Gasteiger partial charge in [-0.3, -0.25) is 9.59 Å². The second kappa shape index (κ2) is 6.89. The monoisotopic (exact) mass is 297 g/mol. The van der Waals surface area contributed by atoms with Crippen molar-refractivity contribution < 1.29 is 14.3 Å².